The van der Waals surface area contributed by atoms with Gasteiger partial charge >= 0.3 is 12.1 Å². The SMILES string of the molecule is CCOC(=O)[C@@]12C[C@H]1/C=C\CCCCC[C@H](NC(=O)OC(C)(C)C)C(=O)N1C[C@H](n3nccc(-c4ccsc4)c3=O)C[C@H]1C(=O)N2. The minimum Gasteiger partial charge on any atom is -0.464 e. The van der Waals surface area contributed by atoms with Gasteiger partial charge in [0, 0.05) is 25.1 Å². The highest BCUT2D eigenvalue weighted by atomic mass is 32.1. The summed E-state index contributed by atoms with van der Waals surface area (Å²) in [5, 5.41) is 13.8. The smallest absolute Gasteiger partial charge is 0.408 e. The van der Waals surface area contributed by atoms with Gasteiger partial charge in [-0.2, -0.15) is 16.4 Å². The van der Waals surface area contributed by atoms with Crippen LogP contribution in [0, 0.1) is 5.92 Å². The Morgan fingerprint density at radius 3 is 2.70 bits per heavy atom. The molecule has 3 amide bonds. The molecule has 3 aliphatic rings. The number of nitrogens with zero attached hydrogens (tertiary/aromatic N) is 3. The molecule has 2 aromatic heterocycles. The summed E-state index contributed by atoms with van der Waals surface area (Å²) in [6, 6.07) is 0.890. The Hall–Kier alpha value is -4.00. The molecule has 2 fully saturated rings. The standard InChI is InChI=1S/C33H43N5O7S/c1-5-44-30(42)33-18-22(33)11-9-7-6-8-10-12-25(35-31(43)45-32(2,3)4)29(41)37-19-23(17-26(37)27(39)36-33)38-28(40)24(13-15-34-38)21-14-16-46-20-21/h9,11,13-16,20,22-23,25-26H,5-8,10,12,17-19H2,1-4H3,(H,35,43)(H,36,39)/b11-9-/t22-,23-,25+,26+,33-/m1/s1. The zero-order chi connectivity index (χ0) is 33.1. The maximum Gasteiger partial charge on any atom is 0.408 e. The van der Waals surface area contributed by atoms with E-state index in [1.807, 2.05) is 29.0 Å². The number of hydrogen-bond acceptors (Lipinski definition) is 9. The lowest BCUT2D eigenvalue weighted by molar-refractivity contribution is -0.150. The first kappa shape index (κ1) is 33.4. The summed E-state index contributed by atoms with van der Waals surface area (Å²) in [5.41, 5.74) is -1.10. The average Bonchev–Trinajstić information content (AvgIpc) is 3.31. The summed E-state index contributed by atoms with van der Waals surface area (Å²) in [6.07, 6.45) is 8.74. The molecule has 5 rings (SSSR count). The number of aromatic nitrogens is 2. The Bertz CT molecular complexity index is 1530. The van der Waals surface area contributed by atoms with Crippen molar-refractivity contribution in [2.45, 2.75) is 102 Å². The Kier molecular flexibility index (Phi) is 9.99. The molecule has 0 spiro atoms. The number of carbonyl (C=O) groups is 4. The summed E-state index contributed by atoms with van der Waals surface area (Å²) >= 11 is 1.47. The van der Waals surface area contributed by atoms with Crippen LogP contribution >= 0.6 is 11.3 Å². The number of rotatable bonds is 5. The molecule has 0 bridgehead atoms. The molecule has 0 aromatic carbocycles. The van der Waals surface area contributed by atoms with Crippen molar-refractivity contribution in [1.29, 1.82) is 0 Å². The van der Waals surface area contributed by atoms with Gasteiger partial charge in [0.25, 0.3) is 5.56 Å². The number of allylic oxidation sites excluding steroid dienone is 1. The summed E-state index contributed by atoms with van der Waals surface area (Å²) in [5.74, 6) is -1.72. The third kappa shape index (κ3) is 7.35. The Balaban J connectivity index is 1.50. The first-order valence-electron chi connectivity index (χ1n) is 16.0. The zero-order valence-corrected chi connectivity index (χ0v) is 27.6. The second kappa shape index (κ2) is 13.8. The Labute approximate surface area is 272 Å². The van der Waals surface area contributed by atoms with Crippen LogP contribution in [0.25, 0.3) is 11.1 Å². The normalized spacial score (nSPS) is 27.7. The van der Waals surface area contributed by atoms with Crippen LogP contribution in [0.1, 0.15) is 78.7 Å². The number of hydrogen-bond donors (Lipinski definition) is 2. The first-order chi connectivity index (χ1) is 21.9. The van der Waals surface area contributed by atoms with Crippen molar-refractivity contribution in [3.63, 3.8) is 0 Å². The number of fused-ring (bicyclic) bond motifs is 2. The van der Waals surface area contributed by atoms with Gasteiger partial charge < -0.3 is 25.0 Å². The predicted molar refractivity (Wildman–Crippen MR) is 172 cm³/mol. The molecule has 5 atom stereocenters. The number of alkyl carbamates (subject to hydrolysis) is 1. The minimum absolute atomic E-state index is 0.0130. The molecule has 4 heterocycles. The van der Waals surface area contributed by atoms with Gasteiger partial charge in [-0.25, -0.2) is 14.3 Å². The van der Waals surface area contributed by atoms with Crippen molar-refractivity contribution < 1.29 is 28.7 Å². The van der Waals surface area contributed by atoms with Crippen molar-refractivity contribution in [2.75, 3.05) is 13.2 Å². The van der Waals surface area contributed by atoms with E-state index in [0.717, 1.165) is 24.8 Å². The van der Waals surface area contributed by atoms with E-state index in [9.17, 15) is 24.0 Å². The van der Waals surface area contributed by atoms with Crippen LogP contribution in [-0.2, 0) is 23.9 Å². The highest BCUT2D eigenvalue weighted by Gasteiger charge is 2.62. The van der Waals surface area contributed by atoms with Gasteiger partial charge in [-0.05, 0) is 81.8 Å². The average molecular weight is 654 g/mol. The van der Waals surface area contributed by atoms with Gasteiger partial charge in [-0.3, -0.25) is 14.4 Å². The highest BCUT2D eigenvalue weighted by molar-refractivity contribution is 7.08. The molecular weight excluding hydrogens is 610 g/mol. The molecule has 12 nitrogen and oxygen atoms in total. The third-order valence-corrected chi connectivity index (χ3v) is 9.32. The van der Waals surface area contributed by atoms with E-state index < -0.39 is 53.1 Å². The van der Waals surface area contributed by atoms with Crippen LogP contribution in [0.4, 0.5) is 4.79 Å². The number of ether oxygens (including phenoxy) is 2. The van der Waals surface area contributed by atoms with Gasteiger partial charge in [0.2, 0.25) is 11.8 Å². The van der Waals surface area contributed by atoms with E-state index in [4.69, 9.17) is 9.47 Å². The molecule has 0 radical (unpaired) electrons. The fraction of sp³-hybridized carbons (Fsp3) is 0.576. The summed E-state index contributed by atoms with van der Waals surface area (Å²) in [6.45, 7) is 7.11. The van der Waals surface area contributed by atoms with Crippen molar-refractivity contribution in [3.05, 3.63) is 51.6 Å². The molecule has 46 heavy (non-hydrogen) atoms. The molecule has 2 aromatic rings. The third-order valence-electron chi connectivity index (χ3n) is 8.64. The van der Waals surface area contributed by atoms with Gasteiger partial charge in [0.05, 0.1) is 18.2 Å². The van der Waals surface area contributed by atoms with E-state index in [-0.39, 0.29) is 31.0 Å². The van der Waals surface area contributed by atoms with E-state index in [2.05, 4.69) is 15.7 Å². The maximum atomic E-state index is 14.3. The Morgan fingerprint density at radius 2 is 1.98 bits per heavy atom. The molecule has 1 saturated carbocycles. The van der Waals surface area contributed by atoms with Crippen LogP contribution in [0.2, 0.25) is 0 Å². The highest BCUT2D eigenvalue weighted by Crippen LogP contribution is 2.46. The lowest BCUT2D eigenvalue weighted by atomic mass is 10.0. The predicted octanol–water partition coefficient (Wildman–Crippen LogP) is 3.97. The van der Waals surface area contributed by atoms with Gasteiger partial charge in [0.1, 0.15) is 23.2 Å². The molecule has 1 saturated heterocycles. The molecule has 2 aliphatic heterocycles. The number of thiophene rings is 1. The van der Waals surface area contributed by atoms with Crippen molar-refractivity contribution in [1.82, 2.24) is 25.3 Å². The second-order valence-electron chi connectivity index (χ2n) is 13.2. The Morgan fingerprint density at radius 1 is 1.17 bits per heavy atom. The number of nitrogens with one attached hydrogen (secondary N) is 2. The van der Waals surface area contributed by atoms with Crippen LogP contribution in [-0.4, -0.2) is 74.9 Å². The molecule has 2 N–H and O–H groups in total. The molecule has 1 aliphatic carbocycles. The monoisotopic (exact) mass is 653 g/mol. The topological polar surface area (TPSA) is 149 Å². The number of esters is 1. The van der Waals surface area contributed by atoms with Gasteiger partial charge in [-0.1, -0.05) is 25.0 Å². The van der Waals surface area contributed by atoms with E-state index in [1.165, 1.54) is 27.1 Å². The second-order valence-corrected chi connectivity index (χ2v) is 13.9. The zero-order valence-electron chi connectivity index (χ0n) is 26.8. The maximum absolute atomic E-state index is 14.3. The molecular formula is C33H43N5O7S. The van der Waals surface area contributed by atoms with E-state index >= 15 is 0 Å². The lowest BCUT2D eigenvalue weighted by Crippen LogP contribution is -2.56. The van der Waals surface area contributed by atoms with Crippen LogP contribution < -0.4 is 16.2 Å². The summed E-state index contributed by atoms with van der Waals surface area (Å²) < 4.78 is 12.2. The van der Waals surface area contributed by atoms with E-state index in [0.29, 0.717) is 24.8 Å². The fourth-order valence-corrected chi connectivity index (χ4v) is 6.93. The largest absolute Gasteiger partial charge is 0.464 e. The number of carbonyl (C=O) groups excluding carboxylic acids is 4. The first-order valence-corrected chi connectivity index (χ1v) is 16.9. The number of amides is 3. The fourth-order valence-electron chi connectivity index (χ4n) is 6.28. The van der Waals surface area contributed by atoms with Crippen LogP contribution in [0.15, 0.2) is 46.0 Å². The van der Waals surface area contributed by atoms with Gasteiger partial charge in [-0.15, -0.1) is 0 Å². The summed E-state index contributed by atoms with van der Waals surface area (Å²) in [7, 11) is 0. The molecule has 13 heteroatoms. The molecule has 0 unspecified atom stereocenters. The van der Waals surface area contributed by atoms with Crippen molar-refractivity contribution >= 4 is 35.2 Å². The van der Waals surface area contributed by atoms with Crippen LogP contribution in [0.3, 0.4) is 0 Å². The molecule has 248 valence electrons. The van der Waals surface area contributed by atoms with Gasteiger partial charge in [0.15, 0.2) is 0 Å². The van der Waals surface area contributed by atoms with Crippen molar-refractivity contribution in [2.24, 2.45) is 5.92 Å². The lowest BCUT2D eigenvalue weighted by Gasteiger charge is -2.30. The van der Waals surface area contributed by atoms with Crippen LogP contribution in [0.5, 0.6) is 0 Å². The van der Waals surface area contributed by atoms with Crippen molar-refractivity contribution in [3.8, 4) is 11.1 Å². The minimum atomic E-state index is -1.22. The van der Waals surface area contributed by atoms with E-state index in [1.54, 1.807) is 33.8 Å². The quantitative estimate of drug-likeness (QED) is 0.364. The summed E-state index contributed by atoms with van der Waals surface area (Å²) in [4.78, 5) is 69.5.